The summed E-state index contributed by atoms with van der Waals surface area (Å²) in [5.41, 5.74) is 0.773. The molecule has 3 aromatic heterocycles. The van der Waals surface area contributed by atoms with Crippen LogP contribution in [0.1, 0.15) is 15.6 Å². The maximum Gasteiger partial charge on any atom is 0.264 e. The minimum atomic E-state index is -0.677. The number of pyridine rings is 1. The van der Waals surface area contributed by atoms with E-state index in [0.29, 0.717) is 29.7 Å². The second-order valence-electron chi connectivity index (χ2n) is 5.73. The van der Waals surface area contributed by atoms with E-state index in [4.69, 9.17) is 4.52 Å². The maximum absolute atomic E-state index is 12.7. The molecule has 3 aromatic rings. The quantitative estimate of drug-likeness (QED) is 0.745. The second-order valence-corrected chi connectivity index (χ2v) is 6.68. The predicted molar refractivity (Wildman–Crippen MR) is 93.4 cm³/mol. The highest BCUT2D eigenvalue weighted by Gasteiger charge is 2.35. The number of carbonyl (C=O) groups excluding carboxylic acids is 2. The van der Waals surface area contributed by atoms with Gasteiger partial charge >= 0.3 is 0 Å². The predicted octanol–water partition coefficient (Wildman–Crippen LogP) is 1.38. The Morgan fingerprint density at radius 1 is 1.35 bits per heavy atom. The van der Waals surface area contributed by atoms with Gasteiger partial charge in [-0.1, -0.05) is 11.2 Å². The number of piperazine rings is 1. The number of hydrogen-bond acceptors (Lipinski definition) is 7. The summed E-state index contributed by atoms with van der Waals surface area (Å²) in [7, 11) is 0. The Kier molecular flexibility index (Phi) is 4.44. The zero-order chi connectivity index (χ0) is 17.9. The molecule has 132 valence electrons. The number of carbonyl (C=O) groups is 2. The van der Waals surface area contributed by atoms with Gasteiger partial charge in [-0.05, 0) is 23.6 Å². The molecule has 0 saturated carbocycles. The smallest absolute Gasteiger partial charge is 0.264 e. The molecule has 0 spiro atoms. The van der Waals surface area contributed by atoms with Gasteiger partial charge in [0.1, 0.15) is 6.04 Å². The molecule has 0 radical (unpaired) electrons. The van der Waals surface area contributed by atoms with Crippen molar-refractivity contribution in [3.8, 4) is 11.4 Å². The van der Waals surface area contributed by atoms with Crippen LogP contribution in [-0.2, 0) is 11.2 Å². The van der Waals surface area contributed by atoms with Gasteiger partial charge < -0.3 is 14.7 Å². The van der Waals surface area contributed by atoms with Gasteiger partial charge in [-0.25, -0.2) is 0 Å². The summed E-state index contributed by atoms with van der Waals surface area (Å²) in [6, 6.07) is 6.44. The van der Waals surface area contributed by atoms with Gasteiger partial charge in [-0.3, -0.25) is 14.6 Å². The van der Waals surface area contributed by atoms with Crippen LogP contribution in [0.2, 0.25) is 0 Å². The van der Waals surface area contributed by atoms with Crippen molar-refractivity contribution in [1.82, 2.24) is 25.3 Å². The van der Waals surface area contributed by atoms with Crippen LogP contribution < -0.4 is 5.32 Å². The number of aromatic nitrogens is 3. The van der Waals surface area contributed by atoms with Crippen LogP contribution in [0.15, 0.2) is 46.6 Å². The Morgan fingerprint density at radius 2 is 2.19 bits per heavy atom. The largest absolute Gasteiger partial charge is 0.353 e. The van der Waals surface area contributed by atoms with Gasteiger partial charge in [-0.15, -0.1) is 11.3 Å². The zero-order valence-corrected chi connectivity index (χ0v) is 14.5. The lowest BCUT2D eigenvalue weighted by Gasteiger charge is -2.34. The Hall–Kier alpha value is -3.07. The Balaban J connectivity index is 1.55. The maximum atomic E-state index is 12.7. The first-order valence-corrected chi connectivity index (χ1v) is 8.95. The van der Waals surface area contributed by atoms with Crippen molar-refractivity contribution < 1.29 is 14.1 Å². The molecule has 1 atom stereocenters. The molecule has 8 nitrogen and oxygen atoms in total. The van der Waals surface area contributed by atoms with E-state index in [2.05, 4.69) is 20.4 Å². The van der Waals surface area contributed by atoms with E-state index >= 15 is 0 Å². The van der Waals surface area contributed by atoms with Crippen molar-refractivity contribution in [1.29, 1.82) is 0 Å². The molecule has 26 heavy (non-hydrogen) atoms. The summed E-state index contributed by atoms with van der Waals surface area (Å²) in [5, 5.41) is 8.58. The SMILES string of the molecule is O=C1NCCN(C(=O)c2cccs2)C1Cc1nc(-c2ccncc2)no1. The number of hydrogen-bond donors (Lipinski definition) is 1. The summed E-state index contributed by atoms with van der Waals surface area (Å²) >= 11 is 1.36. The van der Waals surface area contributed by atoms with E-state index in [0.717, 1.165) is 5.56 Å². The van der Waals surface area contributed by atoms with Crippen molar-refractivity contribution in [3.63, 3.8) is 0 Å². The van der Waals surface area contributed by atoms with Gasteiger partial charge in [0.15, 0.2) is 0 Å². The summed E-state index contributed by atoms with van der Waals surface area (Å²) < 4.78 is 5.29. The van der Waals surface area contributed by atoms with E-state index in [1.807, 2.05) is 11.4 Å². The average Bonchev–Trinajstić information content (AvgIpc) is 3.35. The minimum Gasteiger partial charge on any atom is -0.353 e. The molecule has 1 saturated heterocycles. The van der Waals surface area contributed by atoms with Crippen LogP contribution >= 0.6 is 11.3 Å². The third kappa shape index (κ3) is 3.21. The minimum absolute atomic E-state index is 0.159. The summed E-state index contributed by atoms with van der Waals surface area (Å²) in [6.45, 7) is 0.872. The molecule has 4 rings (SSSR count). The van der Waals surface area contributed by atoms with E-state index in [-0.39, 0.29) is 18.2 Å². The highest BCUT2D eigenvalue weighted by atomic mass is 32.1. The van der Waals surface area contributed by atoms with Crippen molar-refractivity contribution in [2.24, 2.45) is 0 Å². The molecule has 1 unspecified atom stereocenters. The van der Waals surface area contributed by atoms with Gasteiger partial charge in [0, 0.05) is 31.0 Å². The fraction of sp³-hybridized carbons (Fsp3) is 0.235. The molecule has 0 aliphatic carbocycles. The molecular formula is C17H15N5O3S. The standard InChI is InChI=1S/C17H15N5O3S/c23-16-12(22(8-7-19-16)17(24)13-2-1-9-26-13)10-14-20-15(21-25-14)11-3-5-18-6-4-11/h1-6,9,12H,7-8,10H2,(H,19,23). The lowest BCUT2D eigenvalue weighted by atomic mass is 10.1. The van der Waals surface area contributed by atoms with Gasteiger partial charge in [0.05, 0.1) is 11.3 Å². The Labute approximate surface area is 152 Å². The zero-order valence-electron chi connectivity index (χ0n) is 13.7. The van der Waals surface area contributed by atoms with Gasteiger partial charge in [0.25, 0.3) is 5.91 Å². The van der Waals surface area contributed by atoms with Gasteiger partial charge in [0.2, 0.25) is 17.6 Å². The van der Waals surface area contributed by atoms with Crippen LogP contribution in [0, 0.1) is 0 Å². The first kappa shape index (κ1) is 16.4. The lowest BCUT2D eigenvalue weighted by molar-refractivity contribution is -0.127. The van der Waals surface area contributed by atoms with Crippen LogP contribution in [0.3, 0.4) is 0 Å². The number of nitrogens with one attached hydrogen (secondary N) is 1. The Morgan fingerprint density at radius 3 is 2.96 bits per heavy atom. The summed E-state index contributed by atoms with van der Waals surface area (Å²) in [4.78, 5) is 35.5. The van der Waals surface area contributed by atoms with Crippen LogP contribution in [-0.4, -0.2) is 51.0 Å². The average molecular weight is 369 g/mol. The molecule has 0 aromatic carbocycles. The first-order chi connectivity index (χ1) is 12.7. The number of rotatable bonds is 4. The van der Waals surface area contributed by atoms with Crippen molar-refractivity contribution in [2.45, 2.75) is 12.5 Å². The van der Waals surface area contributed by atoms with E-state index in [1.165, 1.54) is 11.3 Å². The van der Waals surface area contributed by atoms with E-state index in [9.17, 15) is 9.59 Å². The van der Waals surface area contributed by atoms with Crippen LogP contribution in [0.5, 0.6) is 0 Å². The molecule has 2 amide bonds. The monoisotopic (exact) mass is 369 g/mol. The molecule has 9 heteroatoms. The highest BCUT2D eigenvalue weighted by Crippen LogP contribution is 2.20. The molecule has 1 N–H and O–H groups in total. The molecule has 1 fully saturated rings. The van der Waals surface area contributed by atoms with E-state index < -0.39 is 6.04 Å². The van der Waals surface area contributed by atoms with Gasteiger partial charge in [-0.2, -0.15) is 4.98 Å². The number of amides is 2. The molecule has 0 bridgehead atoms. The third-order valence-corrected chi connectivity index (χ3v) is 4.96. The van der Waals surface area contributed by atoms with Crippen molar-refractivity contribution in [3.05, 3.63) is 52.8 Å². The van der Waals surface area contributed by atoms with E-state index in [1.54, 1.807) is 35.5 Å². The van der Waals surface area contributed by atoms with Crippen LogP contribution in [0.4, 0.5) is 0 Å². The third-order valence-electron chi connectivity index (χ3n) is 4.10. The second kappa shape index (κ2) is 7.04. The normalized spacial score (nSPS) is 17.2. The Bertz CT molecular complexity index is 910. The lowest BCUT2D eigenvalue weighted by Crippen LogP contribution is -2.58. The highest BCUT2D eigenvalue weighted by molar-refractivity contribution is 7.12. The summed E-state index contributed by atoms with van der Waals surface area (Å²) in [5.74, 6) is 0.358. The topological polar surface area (TPSA) is 101 Å². The number of thiophene rings is 1. The van der Waals surface area contributed by atoms with Crippen molar-refractivity contribution in [2.75, 3.05) is 13.1 Å². The van der Waals surface area contributed by atoms with Crippen molar-refractivity contribution >= 4 is 23.2 Å². The molecule has 1 aliphatic rings. The molecular weight excluding hydrogens is 354 g/mol. The summed E-state index contributed by atoms with van der Waals surface area (Å²) in [6.07, 6.45) is 3.45. The fourth-order valence-corrected chi connectivity index (χ4v) is 3.50. The first-order valence-electron chi connectivity index (χ1n) is 8.07. The molecule has 1 aliphatic heterocycles. The number of nitrogens with zero attached hydrogens (tertiary/aromatic N) is 4. The van der Waals surface area contributed by atoms with Crippen LogP contribution in [0.25, 0.3) is 11.4 Å². The molecule has 4 heterocycles. The fourth-order valence-electron chi connectivity index (χ4n) is 2.82.